The van der Waals surface area contributed by atoms with Gasteiger partial charge < -0.3 is 9.47 Å². The van der Waals surface area contributed by atoms with Gasteiger partial charge in [-0.2, -0.15) is 4.98 Å². The molecule has 0 fully saturated rings. The van der Waals surface area contributed by atoms with Crippen molar-refractivity contribution in [1.29, 1.82) is 0 Å². The second-order valence-electron chi connectivity index (χ2n) is 7.34. The number of anilines is 1. The first-order valence-corrected chi connectivity index (χ1v) is 11.6. The molecule has 0 radical (unpaired) electrons. The largest absolute Gasteiger partial charge is 0.496 e. The summed E-state index contributed by atoms with van der Waals surface area (Å²) < 4.78 is 12.9. The first-order valence-electron chi connectivity index (χ1n) is 10.7. The third kappa shape index (κ3) is 4.91. The Morgan fingerprint density at radius 3 is 2.69 bits per heavy atom. The number of nitrogens with zero attached hydrogens (tertiary/aromatic N) is 3. The molecule has 7 nitrogen and oxygen atoms in total. The molecule has 8 heteroatoms. The monoisotopic (exact) mass is 450 g/mol. The molecule has 2 aromatic heterocycles. The lowest BCUT2D eigenvalue weighted by Crippen LogP contribution is -2.13. The Balaban J connectivity index is 1.42. The normalized spacial score (nSPS) is 10.9. The molecule has 0 aliphatic rings. The van der Waals surface area contributed by atoms with E-state index < -0.39 is 0 Å². The Morgan fingerprint density at radius 2 is 1.91 bits per heavy atom. The van der Waals surface area contributed by atoms with E-state index in [1.54, 1.807) is 23.8 Å². The van der Waals surface area contributed by atoms with Crippen molar-refractivity contribution in [2.45, 2.75) is 32.6 Å². The van der Waals surface area contributed by atoms with Gasteiger partial charge in [-0.3, -0.25) is 10.1 Å². The summed E-state index contributed by atoms with van der Waals surface area (Å²) in [6.45, 7) is 2.88. The van der Waals surface area contributed by atoms with Crippen LogP contribution in [0.3, 0.4) is 0 Å². The van der Waals surface area contributed by atoms with Gasteiger partial charge in [0.1, 0.15) is 11.5 Å². The molecule has 0 saturated heterocycles. The third-order valence-corrected chi connectivity index (χ3v) is 5.89. The van der Waals surface area contributed by atoms with Crippen molar-refractivity contribution in [3.05, 3.63) is 59.5 Å². The van der Waals surface area contributed by atoms with Gasteiger partial charge in [0, 0.05) is 16.5 Å². The van der Waals surface area contributed by atoms with Crippen LogP contribution in [0.5, 0.6) is 11.5 Å². The minimum absolute atomic E-state index is 0.259. The van der Waals surface area contributed by atoms with Crippen LogP contribution in [0.15, 0.2) is 53.9 Å². The number of unbranched alkanes of at least 4 members (excludes halogenated alkanes) is 3. The average molecular weight is 451 g/mol. The molecule has 32 heavy (non-hydrogen) atoms. The maximum absolute atomic E-state index is 12.7. The van der Waals surface area contributed by atoms with Gasteiger partial charge in [0.15, 0.2) is 0 Å². The van der Waals surface area contributed by atoms with Gasteiger partial charge in [-0.05, 0) is 42.8 Å². The van der Waals surface area contributed by atoms with E-state index in [1.807, 2.05) is 41.8 Å². The molecule has 0 aliphatic heterocycles. The molecule has 0 saturated carbocycles. The zero-order chi connectivity index (χ0) is 22.3. The molecule has 1 amide bonds. The van der Waals surface area contributed by atoms with Gasteiger partial charge in [-0.15, -0.1) is 16.4 Å². The lowest BCUT2D eigenvalue weighted by molar-refractivity contribution is 0.102. The summed E-state index contributed by atoms with van der Waals surface area (Å²) in [4.78, 5) is 17.8. The van der Waals surface area contributed by atoms with E-state index in [4.69, 9.17) is 9.47 Å². The molecule has 2 aromatic carbocycles. The maximum Gasteiger partial charge on any atom is 0.258 e. The number of rotatable bonds is 10. The first-order chi connectivity index (χ1) is 15.7. The fourth-order valence-corrected chi connectivity index (χ4v) is 4.19. The van der Waals surface area contributed by atoms with Gasteiger partial charge in [-0.25, -0.2) is 4.52 Å². The highest BCUT2D eigenvalue weighted by molar-refractivity contribution is 7.15. The van der Waals surface area contributed by atoms with Crippen LogP contribution >= 0.6 is 11.3 Å². The van der Waals surface area contributed by atoms with Gasteiger partial charge in [-0.1, -0.05) is 38.3 Å². The molecular weight excluding hydrogens is 424 g/mol. The van der Waals surface area contributed by atoms with Crippen LogP contribution in [0, 0.1) is 0 Å². The summed E-state index contributed by atoms with van der Waals surface area (Å²) in [5, 5.41) is 9.23. The quantitative estimate of drug-likeness (QED) is 0.315. The molecule has 4 rings (SSSR count). The van der Waals surface area contributed by atoms with Crippen molar-refractivity contribution in [3.63, 3.8) is 0 Å². The van der Waals surface area contributed by atoms with E-state index in [0.29, 0.717) is 17.1 Å². The zero-order valence-corrected chi connectivity index (χ0v) is 19.0. The molecule has 0 bridgehead atoms. The van der Waals surface area contributed by atoms with Gasteiger partial charge in [0.25, 0.3) is 11.9 Å². The Bertz CT molecular complexity index is 1180. The number of hydrogen-bond donors (Lipinski definition) is 1. The topological polar surface area (TPSA) is 77.8 Å². The van der Waals surface area contributed by atoms with Crippen molar-refractivity contribution in [1.82, 2.24) is 14.6 Å². The lowest BCUT2D eigenvalue weighted by Gasteiger charge is -2.07. The van der Waals surface area contributed by atoms with Crippen LogP contribution in [0.2, 0.25) is 0 Å². The van der Waals surface area contributed by atoms with Crippen molar-refractivity contribution < 1.29 is 14.3 Å². The number of benzene rings is 2. The van der Waals surface area contributed by atoms with Gasteiger partial charge in [0.2, 0.25) is 4.96 Å². The number of fused-ring (bicyclic) bond motifs is 1. The number of thiazole rings is 1. The van der Waals surface area contributed by atoms with Crippen LogP contribution in [-0.4, -0.2) is 34.2 Å². The first kappa shape index (κ1) is 21.8. The van der Waals surface area contributed by atoms with E-state index >= 15 is 0 Å². The van der Waals surface area contributed by atoms with E-state index in [9.17, 15) is 4.79 Å². The highest BCUT2D eigenvalue weighted by Gasteiger charge is 2.16. The van der Waals surface area contributed by atoms with E-state index in [1.165, 1.54) is 30.6 Å². The minimum Gasteiger partial charge on any atom is -0.496 e. The Labute approximate surface area is 191 Å². The predicted octanol–water partition coefficient (Wildman–Crippen LogP) is 5.68. The fourth-order valence-electron chi connectivity index (χ4n) is 3.37. The number of aromatic nitrogens is 3. The van der Waals surface area contributed by atoms with Crippen molar-refractivity contribution >= 4 is 28.2 Å². The van der Waals surface area contributed by atoms with Gasteiger partial charge >= 0.3 is 0 Å². The molecule has 0 atom stereocenters. The number of nitrogens with one attached hydrogen (secondary N) is 1. The Morgan fingerprint density at radius 1 is 1.09 bits per heavy atom. The predicted molar refractivity (Wildman–Crippen MR) is 127 cm³/mol. The van der Waals surface area contributed by atoms with E-state index in [2.05, 4.69) is 22.3 Å². The highest BCUT2D eigenvalue weighted by atomic mass is 32.1. The van der Waals surface area contributed by atoms with E-state index in [-0.39, 0.29) is 11.9 Å². The second kappa shape index (κ2) is 10.3. The van der Waals surface area contributed by atoms with Crippen LogP contribution in [0.4, 0.5) is 5.95 Å². The SMILES string of the molecule is CCCCCCOc1ccc(C(=O)Nc2nc3scc(-c4ccccc4OC)n3n2)cc1. The molecule has 0 spiro atoms. The van der Waals surface area contributed by atoms with Crippen molar-refractivity contribution in [2.75, 3.05) is 19.0 Å². The third-order valence-electron chi connectivity index (χ3n) is 5.07. The highest BCUT2D eigenvalue weighted by Crippen LogP contribution is 2.32. The smallest absolute Gasteiger partial charge is 0.258 e. The summed E-state index contributed by atoms with van der Waals surface area (Å²) in [7, 11) is 1.64. The zero-order valence-electron chi connectivity index (χ0n) is 18.2. The molecular formula is C24H26N4O3S. The summed E-state index contributed by atoms with van der Waals surface area (Å²) in [6.07, 6.45) is 4.64. The lowest BCUT2D eigenvalue weighted by atomic mass is 10.1. The summed E-state index contributed by atoms with van der Waals surface area (Å²) in [5.41, 5.74) is 2.29. The second-order valence-corrected chi connectivity index (χ2v) is 8.18. The standard InChI is InChI=1S/C24H26N4O3S/c1-3-4-5-8-15-31-18-13-11-17(12-14-18)22(29)25-23-26-24-28(27-23)20(16-32-24)19-9-6-7-10-21(19)30-2/h6-7,9-14,16H,3-5,8,15H2,1-2H3,(H,25,27,29). The average Bonchev–Trinajstić information content (AvgIpc) is 3.39. The number of ether oxygens (including phenoxy) is 2. The Kier molecular flexibility index (Phi) is 7.01. The summed E-state index contributed by atoms with van der Waals surface area (Å²) in [5.74, 6) is 1.51. The summed E-state index contributed by atoms with van der Waals surface area (Å²) in [6, 6.07) is 14.8. The molecule has 0 aliphatic carbocycles. The van der Waals surface area contributed by atoms with E-state index in [0.717, 1.165) is 29.2 Å². The number of carbonyl (C=O) groups excluding carboxylic acids is 1. The number of para-hydroxylation sites is 1. The molecule has 166 valence electrons. The minimum atomic E-state index is -0.267. The van der Waals surface area contributed by atoms with Crippen LogP contribution in [0.25, 0.3) is 16.2 Å². The molecule has 1 N–H and O–H groups in total. The number of carbonyl (C=O) groups is 1. The van der Waals surface area contributed by atoms with Crippen molar-refractivity contribution in [3.8, 4) is 22.8 Å². The number of hydrogen-bond acceptors (Lipinski definition) is 6. The molecule has 2 heterocycles. The fraction of sp³-hybridized carbons (Fsp3) is 0.292. The van der Waals surface area contributed by atoms with Crippen molar-refractivity contribution in [2.24, 2.45) is 0 Å². The van der Waals surface area contributed by atoms with Crippen LogP contribution < -0.4 is 14.8 Å². The summed E-state index contributed by atoms with van der Waals surface area (Å²) >= 11 is 1.45. The Hall–Kier alpha value is -3.39. The number of amides is 1. The molecule has 4 aromatic rings. The number of methoxy groups -OCH3 is 1. The molecule has 0 unspecified atom stereocenters. The van der Waals surface area contributed by atoms with Gasteiger partial charge in [0.05, 0.1) is 19.4 Å². The maximum atomic E-state index is 12.7. The van der Waals surface area contributed by atoms with Crippen LogP contribution in [0.1, 0.15) is 43.0 Å². The van der Waals surface area contributed by atoms with Crippen LogP contribution in [-0.2, 0) is 0 Å².